The third-order valence-electron chi connectivity index (χ3n) is 1.80. The average Bonchev–Trinajstić information content (AvgIpc) is 2.16. The van der Waals surface area contributed by atoms with Gasteiger partial charge >= 0.3 is 0 Å². The van der Waals surface area contributed by atoms with Crippen molar-refractivity contribution < 1.29 is 4.79 Å². The molecule has 68 valence electrons. The SMILES string of the molecule is CSc1cc(CN=C=O)ccc1C. The van der Waals surface area contributed by atoms with E-state index in [9.17, 15) is 4.79 Å². The minimum Gasteiger partial charge on any atom is -0.211 e. The maximum absolute atomic E-state index is 9.90. The van der Waals surface area contributed by atoms with Gasteiger partial charge in [-0.25, -0.2) is 9.79 Å². The minimum atomic E-state index is 0.428. The van der Waals surface area contributed by atoms with E-state index in [0.29, 0.717) is 6.54 Å². The van der Waals surface area contributed by atoms with Crippen LogP contribution in [0, 0.1) is 6.92 Å². The van der Waals surface area contributed by atoms with Crippen molar-refractivity contribution in [2.75, 3.05) is 6.26 Å². The first-order chi connectivity index (χ1) is 6.27. The van der Waals surface area contributed by atoms with E-state index in [2.05, 4.69) is 18.0 Å². The van der Waals surface area contributed by atoms with Crippen LogP contribution >= 0.6 is 11.8 Å². The summed E-state index contributed by atoms with van der Waals surface area (Å²) in [7, 11) is 0. The van der Waals surface area contributed by atoms with E-state index in [1.807, 2.05) is 18.4 Å². The lowest BCUT2D eigenvalue weighted by atomic mass is 10.1. The van der Waals surface area contributed by atoms with Crippen molar-refractivity contribution in [3.05, 3.63) is 29.3 Å². The van der Waals surface area contributed by atoms with Gasteiger partial charge in [0.15, 0.2) is 0 Å². The first-order valence-electron chi connectivity index (χ1n) is 3.95. The van der Waals surface area contributed by atoms with Gasteiger partial charge in [-0.1, -0.05) is 12.1 Å². The molecule has 3 heteroatoms. The Hall–Kier alpha value is -1.05. The zero-order valence-corrected chi connectivity index (χ0v) is 8.52. The molecular weight excluding hydrogens is 182 g/mol. The molecule has 1 aromatic rings. The molecule has 0 aliphatic carbocycles. The standard InChI is InChI=1S/C10H11NOS/c1-8-3-4-9(6-11-7-12)5-10(8)13-2/h3-5H,6H2,1-2H3. The van der Waals surface area contributed by atoms with E-state index in [1.54, 1.807) is 11.8 Å². The monoisotopic (exact) mass is 193 g/mol. The predicted molar refractivity (Wildman–Crippen MR) is 54.8 cm³/mol. The fourth-order valence-electron chi connectivity index (χ4n) is 1.09. The highest BCUT2D eigenvalue weighted by molar-refractivity contribution is 7.98. The van der Waals surface area contributed by atoms with Crippen LogP contribution < -0.4 is 0 Å². The van der Waals surface area contributed by atoms with Gasteiger partial charge in [0.1, 0.15) is 0 Å². The van der Waals surface area contributed by atoms with Crippen LogP contribution in [-0.2, 0) is 11.3 Å². The smallest absolute Gasteiger partial charge is 0.211 e. The van der Waals surface area contributed by atoms with Crippen molar-refractivity contribution >= 4 is 17.8 Å². The topological polar surface area (TPSA) is 29.4 Å². The largest absolute Gasteiger partial charge is 0.235 e. The highest BCUT2D eigenvalue weighted by atomic mass is 32.2. The van der Waals surface area contributed by atoms with Gasteiger partial charge in [0, 0.05) is 4.90 Å². The van der Waals surface area contributed by atoms with Gasteiger partial charge < -0.3 is 0 Å². The second-order valence-corrected chi connectivity index (χ2v) is 3.56. The summed E-state index contributed by atoms with van der Waals surface area (Å²) in [5.74, 6) is 0. The summed E-state index contributed by atoms with van der Waals surface area (Å²) in [6.45, 7) is 2.50. The Morgan fingerprint density at radius 1 is 1.54 bits per heavy atom. The van der Waals surface area contributed by atoms with E-state index in [1.165, 1.54) is 16.5 Å². The first kappa shape index (κ1) is 10.0. The van der Waals surface area contributed by atoms with Gasteiger partial charge in [0.05, 0.1) is 6.54 Å². The molecule has 2 nitrogen and oxygen atoms in total. The van der Waals surface area contributed by atoms with E-state index < -0.39 is 0 Å². The highest BCUT2D eigenvalue weighted by Crippen LogP contribution is 2.21. The maximum atomic E-state index is 9.90. The van der Waals surface area contributed by atoms with Gasteiger partial charge in [0.25, 0.3) is 0 Å². The van der Waals surface area contributed by atoms with Crippen molar-refractivity contribution in [2.24, 2.45) is 4.99 Å². The number of aliphatic imine (C=N–C) groups is 1. The number of aryl methyl sites for hydroxylation is 1. The number of isocyanates is 1. The summed E-state index contributed by atoms with van der Waals surface area (Å²) >= 11 is 1.70. The molecule has 0 fully saturated rings. The van der Waals surface area contributed by atoms with E-state index in [0.717, 1.165) is 5.56 Å². The summed E-state index contributed by atoms with van der Waals surface area (Å²) in [4.78, 5) is 14.7. The molecule has 0 spiro atoms. The summed E-state index contributed by atoms with van der Waals surface area (Å²) < 4.78 is 0. The number of benzene rings is 1. The average molecular weight is 193 g/mol. The van der Waals surface area contributed by atoms with E-state index >= 15 is 0 Å². The molecule has 1 rings (SSSR count). The maximum Gasteiger partial charge on any atom is 0.235 e. The second kappa shape index (κ2) is 4.85. The molecule has 0 unspecified atom stereocenters. The summed E-state index contributed by atoms with van der Waals surface area (Å²) in [5, 5.41) is 0. The van der Waals surface area contributed by atoms with Crippen molar-refractivity contribution in [1.82, 2.24) is 0 Å². The second-order valence-electron chi connectivity index (χ2n) is 2.71. The molecule has 0 heterocycles. The molecule has 0 saturated heterocycles. The quantitative estimate of drug-likeness (QED) is 0.419. The Labute approximate surface area is 82.1 Å². The molecule has 0 aliphatic rings. The minimum absolute atomic E-state index is 0.428. The van der Waals surface area contributed by atoms with Crippen LogP contribution in [0.2, 0.25) is 0 Å². The van der Waals surface area contributed by atoms with Crippen LogP contribution in [0.15, 0.2) is 28.1 Å². The number of hydrogen-bond donors (Lipinski definition) is 0. The number of rotatable bonds is 3. The molecule has 0 saturated carbocycles. The van der Waals surface area contributed by atoms with Crippen LogP contribution in [0.3, 0.4) is 0 Å². The van der Waals surface area contributed by atoms with Gasteiger partial charge in [-0.15, -0.1) is 11.8 Å². The van der Waals surface area contributed by atoms with Gasteiger partial charge in [0.2, 0.25) is 6.08 Å². The number of hydrogen-bond acceptors (Lipinski definition) is 3. The Balaban J connectivity index is 2.92. The molecule has 0 amide bonds. The Bertz CT molecular complexity index is 343. The third-order valence-corrected chi connectivity index (χ3v) is 2.68. The fraction of sp³-hybridized carbons (Fsp3) is 0.300. The van der Waals surface area contributed by atoms with Gasteiger partial charge in [-0.3, -0.25) is 0 Å². The Morgan fingerprint density at radius 2 is 2.31 bits per heavy atom. The first-order valence-corrected chi connectivity index (χ1v) is 5.17. The Morgan fingerprint density at radius 3 is 2.92 bits per heavy atom. The van der Waals surface area contributed by atoms with Gasteiger partial charge in [-0.2, -0.15) is 0 Å². The van der Waals surface area contributed by atoms with Crippen LogP contribution in [-0.4, -0.2) is 12.3 Å². The third kappa shape index (κ3) is 2.72. The lowest BCUT2D eigenvalue weighted by Gasteiger charge is -2.03. The fourth-order valence-corrected chi connectivity index (χ4v) is 1.75. The van der Waals surface area contributed by atoms with Crippen LogP contribution in [0.25, 0.3) is 0 Å². The number of nitrogens with zero attached hydrogens (tertiary/aromatic N) is 1. The summed E-state index contributed by atoms with van der Waals surface area (Å²) in [6, 6.07) is 6.08. The molecule has 0 bridgehead atoms. The van der Waals surface area contributed by atoms with Crippen LogP contribution in [0.1, 0.15) is 11.1 Å². The lowest BCUT2D eigenvalue weighted by molar-refractivity contribution is 0.563. The van der Waals surface area contributed by atoms with Crippen molar-refractivity contribution in [2.45, 2.75) is 18.4 Å². The molecule has 0 aliphatic heterocycles. The number of thioether (sulfide) groups is 1. The molecule has 13 heavy (non-hydrogen) atoms. The molecule has 0 aromatic heterocycles. The molecule has 1 aromatic carbocycles. The molecular formula is C10H11NOS. The van der Waals surface area contributed by atoms with E-state index in [-0.39, 0.29) is 0 Å². The molecule has 0 N–H and O–H groups in total. The molecule has 0 atom stereocenters. The van der Waals surface area contributed by atoms with Crippen molar-refractivity contribution in [3.63, 3.8) is 0 Å². The summed E-state index contributed by atoms with van der Waals surface area (Å²) in [6.07, 6.45) is 3.57. The van der Waals surface area contributed by atoms with Crippen LogP contribution in [0.5, 0.6) is 0 Å². The van der Waals surface area contributed by atoms with Crippen molar-refractivity contribution in [3.8, 4) is 0 Å². The molecule has 0 radical (unpaired) electrons. The van der Waals surface area contributed by atoms with E-state index in [4.69, 9.17) is 0 Å². The summed E-state index contributed by atoms with van der Waals surface area (Å²) in [5.41, 5.74) is 2.31. The number of carbonyl (C=O) groups excluding carboxylic acids is 1. The Kier molecular flexibility index (Phi) is 3.74. The lowest BCUT2D eigenvalue weighted by Crippen LogP contribution is -1.85. The zero-order valence-electron chi connectivity index (χ0n) is 7.70. The van der Waals surface area contributed by atoms with Crippen molar-refractivity contribution in [1.29, 1.82) is 0 Å². The predicted octanol–water partition coefficient (Wildman–Crippen LogP) is 2.55. The normalized spacial score (nSPS) is 9.38. The zero-order chi connectivity index (χ0) is 9.68. The van der Waals surface area contributed by atoms with Crippen LogP contribution in [0.4, 0.5) is 0 Å². The van der Waals surface area contributed by atoms with Gasteiger partial charge in [-0.05, 0) is 30.4 Å². The highest BCUT2D eigenvalue weighted by Gasteiger charge is 1.97.